The molecule has 35 heavy (non-hydrogen) atoms. The van der Waals surface area contributed by atoms with Crippen molar-refractivity contribution in [2.24, 2.45) is 5.41 Å². The van der Waals surface area contributed by atoms with Gasteiger partial charge in [0.25, 0.3) is 5.91 Å². The molecule has 0 saturated carbocycles. The second-order valence-corrected chi connectivity index (χ2v) is 10.6. The third kappa shape index (κ3) is 5.16. The van der Waals surface area contributed by atoms with Crippen molar-refractivity contribution in [2.45, 2.75) is 52.6 Å². The Kier molecular flexibility index (Phi) is 6.84. The van der Waals surface area contributed by atoms with Crippen LogP contribution in [-0.2, 0) is 0 Å². The Morgan fingerprint density at radius 3 is 2.60 bits per heavy atom. The Balaban J connectivity index is 1.73. The summed E-state index contributed by atoms with van der Waals surface area (Å²) in [6.45, 7) is 9.24. The van der Waals surface area contributed by atoms with E-state index in [-0.39, 0.29) is 34.8 Å². The highest BCUT2D eigenvalue weighted by atomic mass is 32.1. The average Bonchev–Trinajstić information content (AvgIpc) is 3.41. The number of carbonyl (C=O) groups excluding carboxylic acids is 1. The molecule has 3 N–H and O–H groups in total. The molecule has 0 aliphatic carbocycles. The number of carboxylic acid groups (broad SMARTS) is 1. The van der Waals surface area contributed by atoms with Gasteiger partial charge in [-0.2, -0.15) is 5.10 Å². The van der Waals surface area contributed by atoms with E-state index in [1.54, 1.807) is 15.6 Å². The number of hydrogen-bond acceptors (Lipinski definition) is 8. The topological polar surface area (TPSA) is 134 Å². The number of nitrogens with one attached hydrogen (secondary N) is 2. The molecule has 1 saturated heterocycles. The zero-order valence-electron chi connectivity index (χ0n) is 20.5. The van der Waals surface area contributed by atoms with Crippen LogP contribution >= 0.6 is 11.3 Å². The average molecular weight is 502 g/mol. The van der Waals surface area contributed by atoms with Gasteiger partial charge in [0.2, 0.25) is 0 Å². The van der Waals surface area contributed by atoms with Gasteiger partial charge in [0.05, 0.1) is 18.9 Å². The second-order valence-electron chi connectivity index (χ2n) is 9.74. The molecule has 0 aromatic carbocycles. The third-order valence-corrected chi connectivity index (χ3v) is 7.29. The van der Waals surface area contributed by atoms with Gasteiger partial charge < -0.3 is 25.4 Å². The van der Waals surface area contributed by atoms with Crippen LogP contribution in [0, 0.1) is 5.41 Å². The van der Waals surface area contributed by atoms with Gasteiger partial charge in [-0.15, -0.1) is 11.3 Å². The van der Waals surface area contributed by atoms with Crippen LogP contribution in [-0.4, -0.2) is 73.9 Å². The monoisotopic (exact) mass is 501 g/mol. The maximum absolute atomic E-state index is 13.7. The van der Waals surface area contributed by atoms with Gasteiger partial charge in [0, 0.05) is 36.8 Å². The molecule has 3 aromatic heterocycles. The minimum atomic E-state index is -1.05. The van der Waals surface area contributed by atoms with Crippen molar-refractivity contribution < 1.29 is 19.4 Å². The molecule has 4 rings (SSSR count). The zero-order valence-corrected chi connectivity index (χ0v) is 21.3. The number of amides is 2. The Labute approximate surface area is 207 Å². The Bertz CT molecular complexity index is 1220. The Hall–Kier alpha value is -3.41. The number of piperidine rings is 1. The molecule has 2 amide bonds. The lowest BCUT2D eigenvalue weighted by Gasteiger charge is -2.32. The van der Waals surface area contributed by atoms with Gasteiger partial charge >= 0.3 is 6.09 Å². The number of methoxy groups -OCH3 is 1. The van der Waals surface area contributed by atoms with Crippen LogP contribution in [0.1, 0.15) is 51.0 Å². The molecule has 1 aliphatic heterocycles. The highest BCUT2D eigenvalue weighted by molar-refractivity contribution is 7.16. The minimum absolute atomic E-state index is 0.0221. The molecule has 12 heteroatoms. The summed E-state index contributed by atoms with van der Waals surface area (Å²) in [6.07, 6.45) is 3.56. The summed E-state index contributed by atoms with van der Waals surface area (Å²) in [4.78, 5) is 36.6. The number of likely N-dealkylation sites (tertiary alicyclic amines) is 1. The molecule has 3 aromatic rings. The van der Waals surface area contributed by atoms with Crippen molar-refractivity contribution >= 4 is 34.0 Å². The van der Waals surface area contributed by atoms with Crippen molar-refractivity contribution in [3.05, 3.63) is 23.5 Å². The molecular weight excluding hydrogens is 470 g/mol. The van der Waals surface area contributed by atoms with Crippen molar-refractivity contribution in [1.29, 1.82) is 0 Å². The van der Waals surface area contributed by atoms with Crippen LogP contribution in [0.25, 0.3) is 16.2 Å². The predicted molar refractivity (Wildman–Crippen MR) is 133 cm³/mol. The molecule has 0 unspecified atom stereocenters. The number of rotatable bonds is 6. The summed E-state index contributed by atoms with van der Waals surface area (Å²) < 4.78 is 7.43. The first-order valence-electron chi connectivity index (χ1n) is 11.5. The first-order valence-corrected chi connectivity index (χ1v) is 12.4. The fraction of sp³-hybridized carbons (Fsp3) is 0.522. The Morgan fingerprint density at radius 2 is 1.97 bits per heavy atom. The highest BCUT2D eigenvalue weighted by Crippen LogP contribution is 2.35. The molecule has 188 valence electrons. The van der Waals surface area contributed by atoms with E-state index in [1.807, 2.05) is 11.6 Å². The fourth-order valence-corrected chi connectivity index (χ4v) is 4.65. The van der Waals surface area contributed by atoms with Crippen LogP contribution < -0.4 is 15.4 Å². The fourth-order valence-electron chi connectivity index (χ4n) is 3.86. The molecule has 11 nitrogen and oxygen atoms in total. The van der Waals surface area contributed by atoms with Gasteiger partial charge in [0.1, 0.15) is 4.83 Å². The number of ether oxygens (including phenoxy) is 1. The minimum Gasteiger partial charge on any atom is -0.491 e. The quantitative estimate of drug-likeness (QED) is 0.467. The van der Waals surface area contributed by atoms with Crippen molar-refractivity contribution in [3.63, 3.8) is 0 Å². The molecule has 1 fully saturated rings. The highest BCUT2D eigenvalue weighted by Gasteiger charge is 2.31. The number of anilines is 1. The predicted octanol–water partition coefficient (Wildman–Crippen LogP) is 3.58. The SMILES string of the molecule is COc1c(N[C@H](C)C(C)(C)C)nc(-c2cnn3ccsc23)nc1C(=O)N1CCC(NC(=O)O)CC1. The van der Waals surface area contributed by atoms with Crippen LogP contribution in [0.5, 0.6) is 5.75 Å². The van der Waals surface area contributed by atoms with E-state index < -0.39 is 6.09 Å². The van der Waals surface area contributed by atoms with Gasteiger partial charge in [-0.05, 0) is 25.2 Å². The number of nitrogens with zero attached hydrogens (tertiary/aromatic N) is 5. The summed E-state index contributed by atoms with van der Waals surface area (Å²) in [5.74, 6) is 0.842. The van der Waals surface area contributed by atoms with Crippen LogP contribution in [0.3, 0.4) is 0 Å². The first-order chi connectivity index (χ1) is 16.6. The van der Waals surface area contributed by atoms with Crippen LogP contribution in [0.15, 0.2) is 17.8 Å². The summed E-state index contributed by atoms with van der Waals surface area (Å²) in [5.41, 5.74) is 0.826. The van der Waals surface area contributed by atoms with Gasteiger partial charge in [-0.1, -0.05) is 20.8 Å². The molecule has 1 aliphatic rings. The Morgan fingerprint density at radius 1 is 1.26 bits per heavy atom. The molecule has 4 heterocycles. The van der Waals surface area contributed by atoms with Gasteiger partial charge in [-0.25, -0.2) is 19.3 Å². The van der Waals surface area contributed by atoms with Crippen LogP contribution in [0.2, 0.25) is 0 Å². The number of fused-ring (bicyclic) bond motifs is 1. The lowest BCUT2D eigenvalue weighted by Crippen LogP contribution is -2.46. The summed E-state index contributed by atoms with van der Waals surface area (Å²) >= 11 is 1.52. The number of carbonyl (C=O) groups is 2. The van der Waals surface area contributed by atoms with E-state index in [9.17, 15) is 9.59 Å². The largest absolute Gasteiger partial charge is 0.491 e. The maximum atomic E-state index is 13.7. The van der Waals surface area contributed by atoms with Crippen molar-refractivity contribution in [1.82, 2.24) is 29.8 Å². The van der Waals surface area contributed by atoms with Gasteiger partial charge in [-0.3, -0.25) is 4.79 Å². The molecule has 0 spiro atoms. The van der Waals surface area contributed by atoms with E-state index in [0.29, 0.717) is 37.6 Å². The summed E-state index contributed by atoms with van der Waals surface area (Å²) in [5, 5.41) is 21.2. The molecule has 0 radical (unpaired) electrons. The molecule has 0 bridgehead atoms. The maximum Gasteiger partial charge on any atom is 0.404 e. The lowest BCUT2D eigenvalue weighted by atomic mass is 9.88. The van der Waals surface area contributed by atoms with Crippen LogP contribution in [0.4, 0.5) is 10.6 Å². The zero-order chi connectivity index (χ0) is 25.3. The second kappa shape index (κ2) is 9.68. The van der Waals surface area contributed by atoms with E-state index in [2.05, 4.69) is 48.4 Å². The number of hydrogen-bond donors (Lipinski definition) is 3. The van der Waals surface area contributed by atoms with E-state index in [1.165, 1.54) is 18.4 Å². The normalized spacial score (nSPS) is 15.7. The summed E-state index contributed by atoms with van der Waals surface area (Å²) in [6, 6.07) is -0.155. The van der Waals surface area contributed by atoms with E-state index in [0.717, 1.165) is 10.4 Å². The molecule has 1 atom stereocenters. The first kappa shape index (κ1) is 24.7. The van der Waals surface area contributed by atoms with E-state index >= 15 is 0 Å². The third-order valence-electron chi connectivity index (χ3n) is 6.41. The van der Waals surface area contributed by atoms with E-state index in [4.69, 9.17) is 14.8 Å². The molecular formula is C23H31N7O4S. The van der Waals surface area contributed by atoms with Crippen molar-refractivity contribution in [3.8, 4) is 17.1 Å². The summed E-state index contributed by atoms with van der Waals surface area (Å²) in [7, 11) is 1.50. The lowest BCUT2D eigenvalue weighted by molar-refractivity contribution is 0.0696. The smallest absolute Gasteiger partial charge is 0.404 e. The number of thiazole rings is 1. The van der Waals surface area contributed by atoms with Crippen molar-refractivity contribution in [2.75, 3.05) is 25.5 Å². The number of aromatic nitrogens is 4. The standard InChI is InChI=1S/C23H31N7O4S/c1-13(23(2,3)4)25-19-17(34-5)16(20(31)29-8-6-14(7-9-29)26-22(32)33)27-18(28-19)15-12-24-30-10-11-35-21(15)30/h10-14,26H,6-9H2,1-5H3,(H,32,33)(H,25,27,28)/t13-/m1/s1. The van der Waals surface area contributed by atoms with Gasteiger partial charge in [0.15, 0.2) is 23.1 Å².